The van der Waals surface area contributed by atoms with Crippen LogP contribution < -0.4 is 5.32 Å². The summed E-state index contributed by atoms with van der Waals surface area (Å²) in [6, 6.07) is 0. The van der Waals surface area contributed by atoms with Gasteiger partial charge in [0.2, 0.25) is 0 Å². The van der Waals surface area contributed by atoms with Gasteiger partial charge < -0.3 is 5.32 Å². The molecule has 0 spiro atoms. The van der Waals surface area contributed by atoms with Crippen LogP contribution in [0.5, 0.6) is 0 Å². The third-order valence-corrected chi connectivity index (χ3v) is 2.65. The van der Waals surface area contributed by atoms with Gasteiger partial charge >= 0.3 is 0 Å². The fourth-order valence-electron chi connectivity index (χ4n) is 0.670. The van der Waals surface area contributed by atoms with Crippen LogP contribution in [0.25, 0.3) is 0 Å². The smallest absolute Gasteiger partial charge is 0.00441 e. The van der Waals surface area contributed by atoms with Crippen LogP contribution in [0.15, 0.2) is 0 Å². The second-order valence-electron chi connectivity index (χ2n) is 2.93. The third-order valence-electron chi connectivity index (χ3n) is 1.17. The lowest BCUT2D eigenvalue weighted by Gasteiger charge is -2.03. The van der Waals surface area contributed by atoms with Crippen molar-refractivity contribution in [1.29, 1.82) is 0 Å². The fraction of sp³-hybridized carbons (Fsp3) is 1.00. The standard InChI is InChI=1S/C8H19NS/c1-8(2)7-10-6-4-5-9-3/h8-9H,4-7H2,1-3H3. The maximum atomic E-state index is 3.14. The molecule has 2 heteroatoms. The van der Waals surface area contributed by atoms with E-state index >= 15 is 0 Å². The highest BCUT2D eigenvalue weighted by Crippen LogP contribution is 2.07. The zero-order valence-corrected chi connectivity index (χ0v) is 8.13. The zero-order valence-electron chi connectivity index (χ0n) is 7.31. The Balaban J connectivity index is 2.77. The maximum absolute atomic E-state index is 3.14. The molecule has 62 valence electrons. The van der Waals surface area contributed by atoms with Crippen molar-refractivity contribution >= 4 is 11.8 Å². The van der Waals surface area contributed by atoms with Crippen molar-refractivity contribution in [2.24, 2.45) is 5.92 Å². The average molecular weight is 161 g/mol. The van der Waals surface area contributed by atoms with E-state index in [-0.39, 0.29) is 0 Å². The molecular weight excluding hydrogens is 142 g/mol. The topological polar surface area (TPSA) is 12.0 Å². The van der Waals surface area contributed by atoms with Gasteiger partial charge in [-0.15, -0.1) is 0 Å². The largest absolute Gasteiger partial charge is 0.320 e. The van der Waals surface area contributed by atoms with Gasteiger partial charge in [0.05, 0.1) is 0 Å². The SMILES string of the molecule is CNCCCSCC(C)C. The zero-order chi connectivity index (χ0) is 7.82. The lowest BCUT2D eigenvalue weighted by Crippen LogP contribution is -2.08. The summed E-state index contributed by atoms with van der Waals surface area (Å²) < 4.78 is 0. The molecule has 0 saturated carbocycles. The predicted octanol–water partition coefficient (Wildman–Crippen LogP) is 1.99. The molecule has 0 rings (SSSR count). The normalized spacial score (nSPS) is 10.8. The van der Waals surface area contributed by atoms with E-state index in [4.69, 9.17) is 0 Å². The van der Waals surface area contributed by atoms with Crippen LogP contribution in [0.2, 0.25) is 0 Å². The molecule has 0 radical (unpaired) electrons. The highest BCUT2D eigenvalue weighted by atomic mass is 32.2. The number of hydrogen-bond acceptors (Lipinski definition) is 2. The lowest BCUT2D eigenvalue weighted by atomic mass is 10.3. The minimum absolute atomic E-state index is 0.847. The summed E-state index contributed by atoms with van der Waals surface area (Å²) in [6.07, 6.45) is 1.30. The fourth-order valence-corrected chi connectivity index (χ4v) is 1.66. The first-order valence-electron chi connectivity index (χ1n) is 3.99. The second kappa shape index (κ2) is 7.42. The summed E-state index contributed by atoms with van der Waals surface area (Å²) >= 11 is 2.06. The van der Waals surface area contributed by atoms with E-state index in [0.717, 1.165) is 12.5 Å². The Hall–Kier alpha value is 0.310. The van der Waals surface area contributed by atoms with Crippen LogP contribution in [0.4, 0.5) is 0 Å². The van der Waals surface area contributed by atoms with Gasteiger partial charge in [0.25, 0.3) is 0 Å². The van der Waals surface area contributed by atoms with Crippen LogP contribution in [0.1, 0.15) is 20.3 Å². The van der Waals surface area contributed by atoms with E-state index in [0.29, 0.717) is 0 Å². The van der Waals surface area contributed by atoms with Crippen molar-refractivity contribution in [2.75, 3.05) is 25.1 Å². The monoisotopic (exact) mass is 161 g/mol. The van der Waals surface area contributed by atoms with E-state index in [9.17, 15) is 0 Å². The molecule has 0 aliphatic heterocycles. The molecule has 1 nitrogen and oxygen atoms in total. The summed E-state index contributed by atoms with van der Waals surface area (Å²) in [5, 5.41) is 3.14. The molecule has 0 heterocycles. The highest BCUT2D eigenvalue weighted by Gasteiger charge is 1.92. The van der Waals surface area contributed by atoms with Gasteiger partial charge in [0, 0.05) is 0 Å². The molecule has 0 saturated heterocycles. The van der Waals surface area contributed by atoms with Crippen molar-refractivity contribution < 1.29 is 0 Å². The van der Waals surface area contributed by atoms with Crippen LogP contribution in [0.3, 0.4) is 0 Å². The van der Waals surface area contributed by atoms with E-state index in [1.165, 1.54) is 17.9 Å². The quantitative estimate of drug-likeness (QED) is 0.598. The van der Waals surface area contributed by atoms with E-state index < -0.39 is 0 Å². The second-order valence-corrected chi connectivity index (χ2v) is 4.08. The van der Waals surface area contributed by atoms with Gasteiger partial charge in [-0.25, -0.2) is 0 Å². The van der Waals surface area contributed by atoms with E-state index in [2.05, 4.69) is 30.9 Å². The first-order chi connectivity index (χ1) is 4.77. The van der Waals surface area contributed by atoms with Crippen LogP contribution in [-0.2, 0) is 0 Å². The van der Waals surface area contributed by atoms with E-state index in [1.54, 1.807) is 0 Å². The van der Waals surface area contributed by atoms with Gasteiger partial charge in [-0.2, -0.15) is 11.8 Å². The summed E-state index contributed by atoms with van der Waals surface area (Å²) in [4.78, 5) is 0. The molecule has 0 aliphatic carbocycles. The van der Waals surface area contributed by atoms with Gasteiger partial charge in [-0.1, -0.05) is 13.8 Å². The predicted molar refractivity (Wildman–Crippen MR) is 50.7 cm³/mol. The van der Waals surface area contributed by atoms with Gasteiger partial charge in [-0.05, 0) is 37.4 Å². The Morgan fingerprint density at radius 1 is 1.40 bits per heavy atom. The Morgan fingerprint density at radius 2 is 2.10 bits per heavy atom. The molecule has 0 bridgehead atoms. The molecule has 0 fully saturated rings. The first kappa shape index (κ1) is 10.3. The molecule has 0 amide bonds. The molecular formula is C8H19NS. The number of nitrogens with one attached hydrogen (secondary N) is 1. The first-order valence-corrected chi connectivity index (χ1v) is 5.15. The van der Waals surface area contributed by atoms with Crippen LogP contribution >= 0.6 is 11.8 Å². The number of thioether (sulfide) groups is 1. The summed E-state index contributed by atoms with van der Waals surface area (Å²) in [7, 11) is 2.01. The van der Waals surface area contributed by atoms with Crippen molar-refractivity contribution in [1.82, 2.24) is 5.32 Å². The highest BCUT2D eigenvalue weighted by molar-refractivity contribution is 7.99. The van der Waals surface area contributed by atoms with Crippen LogP contribution in [0, 0.1) is 5.92 Å². The van der Waals surface area contributed by atoms with Gasteiger partial charge in [0.1, 0.15) is 0 Å². The number of rotatable bonds is 6. The van der Waals surface area contributed by atoms with Crippen molar-refractivity contribution in [3.05, 3.63) is 0 Å². The molecule has 0 aromatic rings. The minimum atomic E-state index is 0.847. The number of hydrogen-bond donors (Lipinski definition) is 1. The molecule has 0 aromatic carbocycles. The summed E-state index contributed by atoms with van der Waals surface area (Å²) in [6.45, 7) is 5.70. The Labute approximate surface area is 69.0 Å². The molecule has 0 atom stereocenters. The third kappa shape index (κ3) is 8.31. The molecule has 1 N–H and O–H groups in total. The maximum Gasteiger partial charge on any atom is -0.00441 e. The van der Waals surface area contributed by atoms with Crippen molar-refractivity contribution in [3.63, 3.8) is 0 Å². The van der Waals surface area contributed by atoms with Gasteiger partial charge in [0.15, 0.2) is 0 Å². The molecule has 10 heavy (non-hydrogen) atoms. The Bertz CT molecular complexity index is 64.3. The van der Waals surface area contributed by atoms with Crippen LogP contribution in [-0.4, -0.2) is 25.1 Å². The van der Waals surface area contributed by atoms with Gasteiger partial charge in [-0.3, -0.25) is 0 Å². The Morgan fingerprint density at radius 3 is 2.60 bits per heavy atom. The molecule has 0 aliphatic rings. The average Bonchev–Trinajstić information content (AvgIpc) is 1.87. The summed E-state index contributed by atoms with van der Waals surface area (Å²) in [5.74, 6) is 3.46. The van der Waals surface area contributed by atoms with Crippen molar-refractivity contribution in [3.8, 4) is 0 Å². The minimum Gasteiger partial charge on any atom is -0.320 e. The Kier molecular flexibility index (Phi) is 7.65. The molecule has 0 aromatic heterocycles. The van der Waals surface area contributed by atoms with Crippen molar-refractivity contribution in [2.45, 2.75) is 20.3 Å². The molecule has 0 unspecified atom stereocenters. The lowest BCUT2D eigenvalue weighted by molar-refractivity contribution is 0.745. The van der Waals surface area contributed by atoms with E-state index in [1.807, 2.05) is 7.05 Å². The summed E-state index contributed by atoms with van der Waals surface area (Å²) in [5.41, 5.74) is 0.